The van der Waals surface area contributed by atoms with Crippen LogP contribution in [0.2, 0.25) is 0 Å². The minimum atomic E-state index is -0.210. The summed E-state index contributed by atoms with van der Waals surface area (Å²) in [6.45, 7) is 2.03. The summed E-state index contributed by atoms with van der Waals surface area (Å²) in [4.78, 5) is 12.2. The fraction of sp³-hybridized carbons (Fsp3) is 0.0714. The SMILES string of the molecule is Cc1ccc(NC(=O)c2cc(Br)ccc2N)cc1I. The largest absolute Gasteiger partial charge is 0.398 e. The molecule has 0 bridgehead atoms. The first-order chi connectivity index (χ1) is 8.97. The topological polar surface area (TPSA) is 55.1 Å². The first-order valence-corrected chi connectivity index (χ1v) is 7.47. The van der Waals surface area contributed by atoms with E-state index in [1.807, 2.05) is 25.1 Å². The fourth-order valence-electron chi connectivity index (χ4n) is 1.59. The highest BCUT2D eigenvalue weighted by atomic mass is 127. The molecule has 2 aromatic rings. The summed E-state index contributed by atoms with van der Waals surface area (Å²) < 4.78 is 1.93. The lowest BCUT2D eigenvalue weighted by Gasteiger charge is -2.09. The predicted octanol–water partition coefficient (Wildman–Crippen LogP) is 4.20. The van der Waals surface area contributed by atoms with Crippen LogP contribution in [0.5, 0.6) is 0 Å². The third-order valence-corrected chi connectivity index (χ3v) is 4.35. The number of nitrogens with one attached hydrogen (secondary N) is 1. The highest BCUT2D eigenvalue weighted by Crippen LogP contribution is 2.21. The third-order valence-electron chi connectivity index (χ3n) is 2.69. The van der Waals surface area contributed by atoms with Crippen molar-refractivity contribution in [1.82, 2.24) is 0 Å². The number of hydrogen-bond acceptors (Lipinski definition) is 2. The Balaban J connectivity index is 2.25. The van der Waals surface area contributed by atoms with Crippen molar-refractivity contribution in [3.63, 3.8) is 0 Å². The number of nitrogen functional groups attached to an aromatic ring is 1. The Bertz CT molecular complexity index is 643. The maximum Gasteiger partial charge on any atom is 0.257 e. The molecule has 0 unspecified atom stereocenters. The summed E-state index contributed by atoms with van der Waals surface area (Å²) in [6.07, 6.45) is 0. The van der Waals surface area contributed by atoms with Crippen molar-refractivity contribution in [3.05, 3.63) is 55.6 Å². The van der Waals surface area contributed by atoms with Crippen LogP contribution in [0.3, 0.4) is 0 Å². The number of carbonyl (C=O) groups is 1. The van der Waals surface area contributed by atoms with Crippen LogP contribution in [-0.4, -0.2) is 5.91 Å². The van der Waals surface area contributed by atoms with Crippen molar-refractivity contribution in [1.29, 1.82) is 0 Å². The molecule has 0 radical (unpaired) electrons. The molecule has 3 N–H and O–H groups in total. The molecule has 0 fully saturated rings. The molecule has 0 spiro atoms. The van der Waals surface area contributed by atoms with Gasteiger partial charge in [0.1, 0.15) is 0 Å². The van der Waals surface area contributed by atoms with Crippen molar-refractivity contribution in [2.45, 2.75) is 6.92 Å². The van der Waals surface area contributed by atoms with Crippen LogP contribution in [0.4, 0.5) is 11.4 Å². The second-order valence-corrected chi connectivity index (χ2v) is 6.23. The monoisotopic (exact) mass is 430 g/mol. The highest BCUT2D eigenvalue weighted by Gasteiger charge is 2.11. The van der Waals surface area contributed by atoms with E-state index in [1.54, 1.807) is 18.2 Å². The van der Waals surface area contributed by atoms with E-state index < -0.39 is 0 Å². The zero-order chi connectivity index (χ0) is 14.0. The van der Waals surface area contributed by atoms with Crippen molar-refractivity contribution in [2.75, 3.05) is 11.1 Å². The van der Waals surface area contributed by atoms with E-state index in [4.69, 9.17) is 5.73 Å². The Hall–Kier alpha value is -1.08. The molecule has 2 aromatic carbocycles. The zero-order valence-corrected chi connectivity index (χ0v) is 13.9. The lowest BCUT2D eigenvalue weighted by Crippen LogP contribution is -2.14. The van der Waals surface area contributed by atoms with E-state index in [9.17, 15) is 4.79 Å². The number of carbonyl (C=O) groups excluding carboxylic acids is 1. The van der Waals surface area contributed by atoms with Crippen LogP contribution in [0, 0.1) is 10.5 Å². The van der Waals surface area contributed by atoms with Gasteiger partial charge in [-0.05, 0) is 65.4 Å². The Morgan fingerprint density at radius 2 is 2.00 bits per heavy atom. The van der Waals surface area contributed by atoms with E-state index in [0.29, 0.717) is 11.3 Å². The fourth-order valence-corrected chi connectivity index (χ4v) is 2.47. The Labute approximate surface area is 133 Å². The van der Waals surface area contributed by atoms with Gasteiger partial charge in [-0.3, -0.25) is 4.79 Å². The van der Waals surface area contributed by atoms with E-state index in [1.165, 1.54) is 5.56 Å². The van der Waals surface area contributed by atoms with Gasteiger partial charge in [-0.1, -0.05) is 22.0 Å². The Kier molecular flexibility index (Phi) is 4.46. The number of hydrogen-bond donors (Lipinski definition) is 2. The number of rotatable bonds is 2. The number of halogens is 2. The lowest BCUT2D eigenvalue weighted by atomic mass is 10.1. The number of amides is 1. The van der Waals surface area contributed by atoms with Crippen LogP contribution in [-0.2, 0) is 0 Å². The van der Waals surface area contributed by atoms with Crippen LogP contribution in [0.25, 0.3) is 0 Å². The van der Waals surface area contributed by atoms with Crippen molar-refractivity contribution in [3.8, 4) is 0 Å². The molecule has 5 heteroatoms. The molecule has 0 heterocycles. The zero-order valence-electron chi connectivity index (χ0n) is 10.2. The molecule has 0 aliphatic rings. The molecular formula is C14H12BrIN2O. The summed E-state index contributed by atoms with van der Waals surface area (Å²) >= 11 is 5.57. The average Bonchev–Trinajstić information content (AvgIpc) is 2.36. The second-order valence-electron chi connectivity index (χ2n) is 4.15. The number of aryl methyl sites for hydroxylation is 1. The number of anilines is 2. The van der Waals surface area contributed by atoms with Crippen LogP contribution in [0.1, 0.15) is 15.9 Å². The molecule has 98 valence electrons. The molecule has 3 nitrogen and oxygen atoms in total. The quantitative estimate of drug-likeness (QED) is 0.554. The van der Waals surface area contributed by atoms with Gasteiger partial charge in [0.15, 0.2) is 0 Å². The smallest absolute Gasteiger partial charge is 0.257 e. The molecule has 0 aliphatic heterocycles. The van der Waals surface area contributed by atoms with Crippen molar-refractivity contribution in [2.24, 2.45) is 0 Å². The third kappa shape index (κ3) is 3.48. The van der Waals surface area contributed by atoms with E-state index in [-0.39, 0.29) is 5.91 Å². The molecule has 0 saturated carbocycles. The van der Waals surface area contributed by atoms with Gasteiger partial charge < -0.3 is 11.1 Å². The maximum atomic E-state index is 12.2. The van der Waals surface area contributed by atoms with Gasteiger partial charge in [0.25, 0.3) is 5.91 Å². The summed E-state index contributed by atoms with van der Waals surface area (Å²) in [7, 11) is 0. The van der Waals surface area contributed by atoms with Gasteiger partial charge in [0, 0.05) is 19.4 Å². The molecule has 0 atom stereocenters. The first-order valence-electron chi connectivity index (χ1n) is 5.60. The van der Waals surface area contributed by atoms with Crippen molar-refractivity contribution < 1.29 is 4.79 Å². The van der Waals surface area contributed by atoms with Gasteiger partial charge in [-0.2, -0.15) is 0 Å². The summed E-state index contributed by atoms with van der Waals surface area (Å²) in [5.41, 5.74) is 8.68. The Morgan fingerprint density at radius 1 is 1.26 bits per heavy atom. The van der Waals surface area contributed by atoms with Gasteiger partial charge >= 0.3 is 0 Å². The van der Waals surface area contributed by atoms with Crippen molar-refractivity contribution >= 4 is 55.8 Å². The first kappa shape index (κ1) is 14.3. The van der Waals surface area contributed by atoms with E-state index in [0.717, 1.165) is 13.7 Å². The highest BCUT2D eigenvalue weighted by molar-refractivity contribution is 14.1. The minimum Gasteiger partial charge on any atom is -0.398 e. The standard InChI is InChI=1S/C14H12BrIN2O/c1-8-2-4-10(7-12(8)16)18-14(19)11-6-9(15)3-5-13(11)17/h2-7H,17H2,1H3,(H,18,19). The van der Waals surface area contributed by atoms with Gasteiger partial charge in [0.2, 0.25) is 0 Å². The lowest BCUT2D eigenvalue weighted by molar-refractivity contribution is 0.102. The molecule has 1 amide bonds. The molecule has 0 saturated heterocycles. The van der Waals surface area contributed by atoms with Crippen LogP contribution in [0.15, 0.2) is 40.9 Å². The van der Waals surface area contributed by atoms with Gasteiger partial charge in [-0.25, -0.2) is 0 Å². The maximum absolute atomic E-state index is 12.2. The molecule has 2 rings (SSSR count). The van der Waals surface area contributed by atoms with E-state index in [2.05, 4.69) is 43.8 Å². The van der Waals surface area contributed by atoms with Gasteiger partial charge in [-0.15, -0.1) is 0 Å². The summed E-state index contributed by atoms with van der Waals surface area (Å²) in [6, 6.07) is 11.0. The minimum absolute atomic E-state index is 0.210. The molecule has 0 aromatic heterocycles. The molecular weight excluding hydrogens is 419 g/mol. The molecule has 19 heavy (non-hydrogen) atoms. The average molecular weight is 431 g/mol. The second kappa shape index (κ2) is 5.92. The molecule has 0 aliphatic carbocycles. The normalized spacial score (nSPS) is 10.3. The predicted molar refractivity (Wildman–Crippen MR) is 90.4 cm³/mol. The summed E-state index contributed by atoms with van der Waals surface area (Å²) in [5, 5.41) is 2.85. The van der Waals surface area contributed by atoms with Crippen LogP contribution >= 0.6 is 38.5 Å². The number of nitrogens with two attached hydrogens (primary N) is 1. The summed E-state index contributed by atoms with van der Waals surface area (Å²) in [5.74, 6) is -0.210. The van der Waals surface area contributed by atoms with Crippen LogP contribution < -0.4 is 11.1 Å². The number of benzene rings is 2. The van der Waals surface area contributed by atoms with E-state index >= 15 is 0 Å². The Morgan fingerprint density at radius 3 is 2.68 bits per heavy atom. The van der Waals surface area contributed by atoms with Gasteiger partial charge in [0.05, 0.1) is 5.56 Å².